The summed E-state index contributed by atoms with van der Waals surface area (Å²) in [6, 6.07) is 10.1. The number of benzene rings is 1. The molecule has 5 heteroatoms. The van der Waals surface area contributed by atoms with Crippen LogP contribution in [0.15, 0.2) is 30.3 Å². The molecule has 0 spiro atoms. The van der Waals surface area contributed by atoms with Gasteiger partial charge in [0.05, 0.1) is 6.42 Å². The quantitative estimate of drug-likeness (QED) is 0.793. The van der Waals surface area contributed by atoms with E-state index in [4.69, 9.17) is 13.1 Å². The Kier molecular flexibility index (Phi) is 4.39. The normalized spacial score (nSPS) is 21.9. The number of aliphatic carboxylic acids is 1. The summed E-state index contributed by atoms with van der Waals surface area (Å²) in [5.41, 5.74) is 1.25. The molecule has 2 rings (SSSR count). The maximum atomic E-state index is 10.8. The molecule has 4 nitrogen and oxygen atoms in total. The largest absolute Gasteiger partial charge is 0.481 e. The van der Waals surface area contributed by atoms with Crippen molar-refractivity contribution in [1.29, 1.82) is 0 Å². The molecule has 18 heavy (non-hydrogen) atoms. The van der Waals surface area contributed by atoms with Crippen LogP contribution in [-0.4, -0.2) is 54.4 Å². The molecule has 1 unspecified atom stereocenters. The van der Waals surface area contributed by atoms with Crippen molar-refractivity contribution in [3.05, 3.63) is 35.9 Å². The van der Waals surface area contributed by atoms with Gasteiger partial charge in [0.2, 0.25) is 0 Å². The van der Waals surface area contributed by atoms with Crippen LogP contribution in [0.5, 0.6) is 0 Å². The molecule has 0 aromatic heterocycles. The van der Waals surface area contributed by atoms with E-state index in [1.807, 2.05) is 18.2 Å². The number of hydrogen-bond donors (Lipinski definition) is 1. The smallest absolute Gasteiger partial charge is 0.304 e. The van der Waals surface area contributed by atoms with Crippen LogP contribution in [0, 0.1) is 0 Å². The van der Waals surface area contributed by atoms with E-state index in [0.717, 1.165) is 13.1 Å². The van der Waals surface area contributed by atoms with E-state index >= 15 is 0 Å². The molecule has 0 bridgehead atoms. The highest BCUT2D eigenvalue weighted by Gasteiger charge is 2.25. The summed E-state index contributed by atoms with van der Waals surface area (Å²) in [6.45, 7) is 3.15. The molecular weight excluding hydrogens is 227 g/mol. The number of piperazine rings is 1. The summed E-state index contributed by atoms with van der Waals surface area (Å²) < 4.78 is 0. The highest BCUT2D eigenvalue weighted by Crippen LogP contribution is 2.13. The molecule has 1 aromatic carbocycles. The maximum Gasteiger partial charge on any atom is 0.304 e. The van der Waals surface area contributed by atoms with E-state index in [-0.39, 0.29) is 12.5 Å². The Labute approximate surface area is 109 Å². The van der Waals surface area contributed by atoms with E-state index in [0.29, 0.717) is 13.1 Å². The lowest BCUT2D eigenvalue weighted by molar-refractivity contribution is -0.138. The van der Waals surface area contributed by atoms with Crippen LogP contribution in [0.4, 0.5) is 0 Å². The standard InChI is InChI=1S/C13H17BN2O2/c14-16-7-6-15(10-12(16)8-13(17)18)9-11-4-2-1-3-5-11/h1-5,12H,6-10H2,(H,17,18). The van der Waals surface area contributed by atoms with Gasteiger partial charge >= 0.3 is 5.97 Å². The monoisotopic (exact) mass is 244 g/mol. The zero-order valence-electron chi connectivity index (χ0n) is 10.3. The molecule has 1 heterocycles. The number of rotatable bonds is 4. The average Bonchev–Trinajstić information content (AvgIpc) is 2.34. The fraction of sp³-hybridized carbons (Fsp3) is 0.462. The van der Waals surface area contributed by atoms with Gasteiger partial charge in [0.1, 0.15) is 0 Å². The van der Waals surface area contributed by atoms with Crippen molar-refractivity contribution in [3.8, 4) is 0 Å². The first-order chi connectivity index (χ1) is 8.65. The van der Waals surface area contributed by atoms with Gasteiger partial charge in [-0.15, -0.1) is 0 Å². The third kappa shape index (κ3) is 3.58. The Balaban J connectivity index is 1.93. The third-order valence-corrected chi connectivity index (χ3v) is 3.27. The average molecular weight is 244 g/mol. The second-order valence-corrected chi connectivity index (χ2v) is 4.71. The first-order valence-corrected chi connectivity index (χ1v) is 6.14. The van der Waals surface area contributed by atoms with Crippen molar-refractivity contribution in [2.24, 2.45) is 0 Å². The van der Waals surface area contributed by atoms with Crippen molar-refractivity contribution in [2.45, 2.75) is 19.0 Å². The van der Waals surface area contributed by atoms with Crippen LogP contribution in [0.1, 0.15) is 12.0 Å². The molecule has 1 fully saturated rings. The lowest BCUT2D eigenvalue weighted by Gasteiger charge is -2.39. The van der Waals surface area contributed by atoms with Crippen LogP contribution in [0.2, 0.25) is 0 Å². The molecule has 0 amide bonds. The van der Waals surface area contributed by atoms with Crippen LogP contribution < -0.4 is 0 Å². The molecule has 1 atom stereocenters. The van der Waals surface area contributed by atoms with E-state index in [1.54, 1.807) is 4.81 Å². The minimum absolute atomic E-state index is 0.0973. The second-order valence-electron chi connectivity index (χ2n) is 4.71. The molecule has 1 aromatic rings. The predicted molar refractivity (Wildman–Crippen MR) is 70.2 cm³/mol. The third-order valence-electron chi connectivity index (χ3n) is 3.27. The lowest BCUT2D eigenvalue weighted by atomic mass is 10.0. The Hall–Kier alpha value is -1.33. The van der Waals surface area contributed by atoms with Crippen molar-refractivity contribution in [1.82, 2.24) is 9.71 Å². The molecular formula is C13H17BN2O2. The fourth-order valence-electron chi connectivity index (χ4n) is 2.30. The summed E-state index contributed by atoms with van der Waals surface area (Å²) in [7, 11) is 5.83. The van der Waals surface area contributed by atoms with Gasteiger partial charge in [0.15, 0.2) is 7.98 Å². The number of carboxylic acids is 1. The summed E-state index contributed by atoms with van der Waals surface area (Å²) in [6.07, 6.45) is 0.0990. The van der Waals surface area contributed by atoms with Gasteiger partial charge < -0.3 is 9.92 Å². The first-order valence-electron chi connectivity index (χ1n) is 6.14. The Morgan fingerprint density at radius 2 is 2.06 bits per heavy atom. The van der Waals surface area contributed by atoms with Crippen molar-refractivity contribution in [2.75, 3.05) is 19.6 Å². The van der Waals surface area contributed by atoms with Gasteiger partial charge in [0, 0.05) is 25.7 Å². The molecule has 1 saturated heterocycles. The number of hydrogen-bond acceptors (Lipinski definition) is 3. The minimum Gasteiger partial charge on any atom is -0.481 e. The molecule has 0 aliphatic carbocycles. The lowest BCUT2D eigenvalue weighted by Crippen LogP contribution is -2.52. The van der Waals surface area contributed by atoms with E-state index < -0.39 is 5.97 Å². The molecule has 1 aliphatic rings. The predicted octanol–water partition coefficient (Wildman–Crippen LogP) is 0.731. The number of carbonyl (C=O) groups is 1. The summed E-state index contributed by atoms with van der Waals surface area (Å²) in [4.78, 5) is 14.7. The van der Waals surface area contributed by atoms with Crippen molar-refractivity contribution >= 4 is 14.0 Å². The highest BCUT2D eigenvalue weighted by atomic mass is 16.4. The SMILES string of the molecule is [B]N1CCN(Cc2ccccc2)CC1CC(=O)O. The summed E-state index contributed by atoms with van der Waals surface area (Å²) in [5, 5.41) is 8.86. The van der Waals surface area contributed by atoms with E-state index in [2.05, 4.69) is 17.0 Å². The van der Waals surface area contributed by atoms with Crippen molar-refractivity contribution in [3.63, 3.8) is 0 Å². The van der Waals surface area contributed by atoms with Gasteiger partial charge in [-0.2, -0.15) is 0 Å². The first kappa shape index (κ1) is 13.1. The Bertz CT molecular complexity index is 399. The van der Waals surface area contributed by atoms with Gasteiger partial charge in [-0.3, -0.25) is 9.69 Å². The number of carboxylic acid groups (broad SMARTS) is 1. The summed E-state index contributed by atoms with van der Waals surface area (Å²) >= 11 is 0. The molecule has 1 N–H and O–H groups in total. The van der Waals surface area contributed by atoms with Gasteiger partial charge in [-0.25, -0.2) is 0 Å². The highest BCUT2D eigenvalue weighted by molar-refractivity contribution is 6.04. The molecule has 2 radical (unpaired) electrons. The molecule has 1 aliphatic heterocycles. The van der Waals surface area contributed by atoms with Crippen LogP contribution in [0.25, 0.3) is 0 Å². The fourth-order valence-corrected chi connectivity index (χ4v) is 2.30. The van der Waals surface area contributed by atoms with Crippen LogP contribution in [0.3, 0.4) is 0 Å². The van der Waals surface area contributed by atoms with E-state index in [1.165, 1.54) is 5.56 Å². The van der Waals surface area contributed by atoms with Gasteiger partial charge in [-0.05, 0) is 12.1 Å². The topological polar surface area (TPSA) is 43.8 Å². The van der Waals surface area contributed by atoms with Gasteiger partial charge in [0.25, 0.3) is 0 Å². The van der Waals surface area contributed by atoms with Gasteiger partial charge in [-0.1, -0.05) is 30.3 Å². The van der Waals surface area contributed by atoms with E-state index in [9.17, 15) is 4.79 Å². The second kappa shape index (κ2) is 6.02. The number of nitrogens with zero attached hydrogens (tertiary/aromatic N) is 2. The van der Waals surface area contributed by atoms with Crippen LogP contribution >= 0.6 is 0 Å². The molecule has 0 saturated carbocycles. The zero-order valence-corrected chi connectivity index (χ0v) is 10.3. The molecule has 94 valence electrons. The summed E-state index contributed by atoms with van der Waals surface area (Å²) in [5.74, 6) is -0.794. The van der Waals surface area contributed by atoms with Crippen molar-refractivity contribution < 1.29 is 9.90 Å². The maximum absolute atomic E-state index is 10.8. The Morgan fingerprint density at radius 1 is 1.33 bits per heavy atom. The van der Waals surface area contributed by atoms with Crippen LogP contribution in [-0.2, 0) is 11.3 Å². The Morgan fingerprint density at radius 3 is 2.72 bits per heavy atom. The minimum atomic E-state index is -0.794. The zero-order chi connectivity index (χ0) is 13.0.